The van der Waals surface area contributed by atoms with Gasteiger partial charge in [-0.25, -0.2) is 4.79 Å². The molecule has 0 spiro atoms. The van der Waals surface area contributed by atoms with Crippen LogP contribution in [0, 0.1) is 0 Å². The van der Waals surface area contributed by atoms with Crippen molar-refractivity contribution in [3.05, 3.63) is 53.3 Å². The molecule has 0 saturated heterocycles. The van der Waals surface area contributed by atoms with E-state index in [0.29, 0.717) is 25.3 Å². The van der Waals surface area contributed by atoms with Gasteiger partial charge in [0, 0.05) is 19.2 Å². The second-order valence-electron chi connectivity index (χ2n) is 4.66. The summed E-state index contributed by atoms with van der Waals surface area (Å²) < 4.78 is 1.47. The zero-order valence-electron chi connectivity index (χ0n) is 10.7. The molecular weight excluding hydrogens is 258 g/mol. The first-order valence-corrected chi connectivity index (χ1v) is 6.29. The topological polar surface area (TPSA) is 75.4 Å². The van der Waals surface area contributed by atoms with Gasteiger partial charge in [-0.05, 0) is 5.56 Å². The van der Waals surface area contributed by atoms with Crippen molar-refractivity contribution in [3.8, 4) is 0 Å². The minimum absolute atomic E-state index is 0.0880. The van der Waals surface area contributed by atoms with Gasteiger partial charge in [-0.3, -0.25) is 9.48 Å². The molecule has 2 heterocycles. The monoisotopic (exact) mass is 271 g/mol. The summed E-state index contributed by atoms with van der Waals surface area (Å²) in [4.78, 5) is 24.9. The fraction of sp³-hybridized carbons (Fsp3) is 0.214. The Labute approximate surface area is 115 Å². The van der Waals surface area contributed by atoms with Crippen molar-refractivity contribution >= 4 is 11.9 Å². The predicted octanol–water partition coefficient (Wildman–Crippen LogP) is 1.24. The van der Waals surface area contributed by atoms with Crippen LogP contribution in [0.5, 0.6) is 0 Å². The number of amides is 1. The summed E-state index contributed by atoms with van der Waals surface area (Å²) in [7, 11) is 0. The van der Waals surface area contributed by atoms with Crippen LogP contribution < -0.4 is 0 Å². The number of carbonyl (C=O) groups is 2. The highest BCUT2D eigenvalue weighted by atomic mass is 16.4. The van der Waals surface area contributed by atoms with Crippen molar-refractivity contribution in [2.75, 3.05) is 6.54 Å². The number of hydrogen-bond donors (Lipinski definition) is 1. The molecule has 1 amide bonds. The number of hydrogen-bond acceptors (Lipinski definition) is 3. The molecule has 20 heavy (non-hydrogen) atoms. The lowest BCUT2D eigenvalue weighted by molar-refractivity contribution is 0.0671. The number of nitrogens with zero attached hydrogens (tertiary/aromatic N) is 3. The van der Waals surface area contributed by atoms with Crippen LogP contribution in [0.25, 0.3) is 0 Å². The standard InChI is InChI=1S/C14H13N3O3/c18-13-12-8-11(14(19)20)15-17(12)7-6-16(13)9-10-4-2-1-3-5-10/h1-5,8H,6-7,9H2,(H,19,20). The molecule has 1 N–H and O–H groups in total. The lowest BCUT2D eigenvalue weighted by atomic mass is 10.2. The van der Waals surface area contributed by atoms with E-state index in [2.05, 4.69) is 5.10 Å². The summed E-state index contributed by atoms with van der Waals surface area (Å²) in [5.41, 5.74) is 1.30. The molecule has 6 nitrogen and oxygen atoms in total. The van der Waals surface area contributed by atoms with Gasteiger partial charge in [0.15, 0.2) is 5.69 Å². The van der Waals surface area contributed by atoms with Crippen molar-refractivity contribution in [3.63, 3.8) is 0 Å². The second-order valence-corrected chi connectivity index (χ2v) is 4.66. The zero-order chi connectivity index (χ0) is 14.1. The molecule has 1 aliphatic heterocycles. The summed E-state index contributed by atoms with van der Waals surface area (Å²) in [5, 5.41) is 12.8. The first-order valence-electron chi connectivity index (χ1n) is 6.29. The van der Waals surface area contributed by atoms with Gasteiger partial charge >= 0.3 is 5.97 Å². The molecule has 0 radical (unpaired) electrons. The van der Waals surface area contributed by atoms with Gasteiger partial charge in [0.1, 0.15) is 5.69 Å². The van der Waals surface area contributed by atoms with E-state index in [1.165, 1.54) is 10.7 Å². The van der Waals surface area contributed by atoms with Crippen LogP contribution in [0.3, 0.4) is 0 Å². The largest absolute Gasteiger partial charge is 0.476 e. The Morgan fingerprint density at radius 3 is 2.70 bits per heavy atom. The number of benzene rings is 1. The molecular formula is C14H13N3O3. The van der Waals surface area contributed by atoms with Crippen LogP contribution in [0.1, 0.15) is 26.5 Å². The second kappa shape index (κ2) is 4.80. The summed E-state index contributed by atoms with van der Waals surface area (Å²) >= 11 is 0. The third-order valence-electron chi connectivity index (χ3n) is 3.30. The fourth-order valence-corrected chi connectivity index (χ4v) is 2.30. The summed E-state index contributed by atoms with van der Waals surface area (Å²) in [6.45, 7) is 1.57. The number of aromatic carboxylic acids is 1. The highest BCUT2D eigenvalue weighted by Crippen LogP contribution is 2.16. The summed E-state index contributed by atoms with van der Waals surface area (Å²) in [6, 6.07) is 11.0. The average Bonchev–Trinajstić information content (AvgIpc) is 2.88. The van der Waals surface area contributed by atoms with E-state index in [1.54, 1.807) is 4.90 Å². The number of carboxylic acids is 1. The lowest BCUT2D eigenvalue weighted by Gasteiger charge is -2.27. The Morgan fingerprint density at radius 1 is 1.25 bits per heavy atom. The minimum atomic E-state index is -1.12. The molecule has 6 heteroatoms. The Bertz CT molecular complexity index is 664. The SMILES string of the molecule is O=C(O)c1cc2n(n1)CCN(Cc1ccccc1)C2=O. The van der Waals surface area contributed by atoms with Gasteiger partial charge in [-0.1, -0.05) is 30.3 Å². The molecule has 3 rings (SSSR count). The van der Waals surface area contributed by atoms with Crippen LogP contribution >= 0.6 is 0 Å². The Morgan fingerprint density at radius 2 is 2.00 bits per heavy atom. The average molecular weight is 271 g/mol. The van der Waals surface area contributed by atoms with Crippen LogP contribution in [-0.2, 0) is 13.1 Å². The molecule has 2 aromatic rings. The molecule has 0 saturated carbocycles. The van der Waals surface area contributed by atoms with Crippen LogP contribution in [0.4, 0.5) is 0 Å². The predicted molar refractivity (Wildman–Crippen MR) is 70.4 cm³/mol. The van der Waals surface area contributed by atoms with Gasteiger partial charge in [0.2, 0.25) is 0 Å². The molecule has 0 unspecified atom stereocenters. The Balaban J connectivity index is 1.84. The van der Waals surface area contributed by atoms with Crippen molar-refractivity contribution < 1.29 is 14.7 Å². The maximum absolute atomic E-state index is 12.3. The molecule has 0 bridgehead atoms. The van der Waals surface area contributed by atoms with E-state index < -0.39 is 5.97 Å². The third-order valence-corrected chi connectivity index (χ3v) is 3.30. The van der Waals surface area contributed by atoms with E-state index in [-0.39, 0.29) is 11.6 Å². The van der Waals surface area contributed by atoms with E-state index in [0.717, 1.165) is 5.56 Å². The number of carbonyl (C=O) groups excluding carboxylic acids is 1. The molecule has 0 atom stereocenters. The zero-order valence-corrected chi connectivity index (χ0v) is 10.7. The molecule has 0 aliphatic carbocycles. The molecule has 0 fully saturated rings. The van der Waals surface area contributed by atoms with Gasteiger partial charge in [-0.15, -0.1) is 0 Å². The molecule has 102 valence electrons. The quantitative estimate of drug-likeness (QED) is 0.911. The van der Waals surface area contributed by atoms with Crippen molar-refractivity contribution in [2.45, 2.75) is 13.1 Å². The van der Waals surface area contributed by atoms with Crippen LogP contribution in [0.2, 0.25) is 0 Å². The van der Waals surface area contributed by atoms with Gasteiger partial charge < -0.3 is 10.0 Å². The highest BCUT2D eigenvalue weighted by molar-refractivity contribution is 5.96. The number of rotatable bonds is 3. The van der Waals surface area contributed by atoms with Gasteiger partial charge in [0.05, 0.1) is 6.54 Å². The Hall–Kier alpha value is -2.63. The van der Waals surface area contributed by atoms with Crippen LogP contribution in [0.15, 0.2) is 36.4 Å². The Kier molecular flexibility index (Phi) is 2.98. The maximum atomic E-state index is 12.3. The number of aromatic nitrogens is 2. The number of fused-ring (bicyclic) bond motifs is 1. The normalized spacial score (nSPS) is 14.2. The highest BCUT2D eigenvalue weighted by Gasteiger charge is 2.27. The first-order chi connectivity index (χ1) is 9.65. The molecule has 1 aliphatic rings. The maximum Gasteiger partial charge on any atom is 0.356 e. The van der Waals surface area contributed by atoms with Crippen molar-refractivity contribution in [2.24, 2.45) is 0 Å². The minimum Gasteiger partial charge on any atom is -0.476 e. The van der Waals surface area contributed by atoms with Gasteiger partial charge in [-0.2, -0.15) is 5.10 Å². The lowest BCUT2D eigenvalue weighted by Crippen LogP contribution is -2.39. The first kappa shape index (κ1) is 12.4. The smallest absolute Gasteiger partial charge is 0.356 e. The molecule has 1 aromatic heterocycles. The third kappa shape index (κ3) is 2.16. The van der Waals surface area contributed by atoms with Gasteiger partial charge in [0.25, 0.3) is 5.91 Å². The van der Waals surface area contributed by atoms with E-state index >= 15 is 0 Å². The number of carboxylic acid groups (broad SMARTS) is 1. The van der Waals surface area contributed by atoms with Crippen molar-refractivity contribution in [1.82, 2.24) is 14.7 Å². The summed E-state index contributed by atoms with van der Waals surface area (Å²) in [5.74, 6) is -1.30. The fourth-order valence-electron chi connectivity index (χ4n) is 2.30. The molecule has 1 aromatic carbocycles. The van der Waals surface area contributed by atoms with E-state index in [4.69, 9.17) is 5.11 Å². The van der Waals surface area contributed by atoms with E-state index in [9.17, 15) is 9.59 Å². The van der Waals surface area contributed by atoms with E-state index in [1.807, 2.05) is 30.3 Å². The van der Waals surface area contributed by atoms with Crippen molar-refractivity contribution in [1.29, 1.82) is 0 Å². The summed E-state index contributed by atoms with van der Waals surface area (Å²) in [6.07, 6.45) is 0. The van der Waals surface area contributed by atoms with Crippen LogP contribution in [-0.4, -0.2) is 38.2 Å².